The summed E-state index contributed by atoms with van der Waals surface area (Å²) in [6.45, 7) is 4.68. The van der Waals surface area contributed by atoms with Gasteiger partial charge >= 0.3 is 0 Å². The smallest absolute Gasteiger partial charge is 0.242 e. The van der Waals surface area contributed by atoms with Crippen LogP contribution in [0, 0.1) is 5.41 Å². The molecule has 1 aliphatic rings. The monoisotopic (exact) mass is 227 g/mol. The van der Waals surface area contributed by atoms with Gasteiger partial charge < -0.3 is 16.4 Å². The SMILES string of the molecule is CCCNC(=O)C(C)NC(=O)C1(CN)CC1. The van der Waals surface area contributed by atoms with Crippen LogP contribution in [0.4, 0.5) is 0 Å². The average Bonchev–Trinajstić information content (AvgIpc) is 3.06. The van der Waals surface area contributed by atoms with E-state index in [1.54, 1.807) is 6.92 Å². The predicted molar refractivity (Wildman–Crippen MR) is 61.6 cm³/mol. The van der Waals surface area contributed by atoms with Crippen LogP contribution in [0.2, 0.25) is 0 Å². The Balaban J connectivity index is 2.36. The Morgan fingerprint density at radius 1 is 1.44 bits per heavy atom. The van der Waals surface area contributed by atoms with Crippen molar-refractivity contribution < 1.29 is 9.59 Å². The summed E-state index contributed by atoms with van der Waals surface area (Å²) in [5, 5.41) is 5.45. The predicted octanol–water partition coefficient (Wildman–Crippen LogP) is -0.244. The molecule has 0 saturated heterocycles. The van der Waals surface area contributed by atoms with Crippen LogP contribution in [0.25, 0.3) is 0 Å². The van der Waals surface area contributed by atoms with Crippen molar-refractivity contribution in [1.82, 2.24) is 10.6 Å². The summed E-state index contributed by atoms with van der Waals surface area (Å²) in [7, 11) is 0. The summed E-state index contributed by atoms with van der Waals surface area (Å²) < 4.78 is 0. The average molecular weight is 227 g/mol. The van der Waals surface area contributed by atoms with Crippen LogP contribution in [0.1, 0.15) is 33.1 Å². The number of hydrogen-bond donors (Lipinski definition) is 3. The van der Waals surface area contributed by atoms with E-state index in [0.29, 0.717) is 13.1 Å². The lowest BCUT2D eigenvalue weighted by molar-refractivity contribution is -0.131. The Morgan fingerprint density at radius 3 is 2.50 bits per heavy atom. The molecule has 16 heavy (non-hydrogen) atoms. The Morgan fingerprint density at radius 2 is 2.06 bits per heavy atom. The molecule has 0 aromatic carbocycles. The van der Waals surface area contributed by atoms with Gasteiger partial charge in [0.1, 0.15) is 6.04 Å². The number of nitrogens with one attached hydrogen (secondary N) is 2. The number of rotatable bonds is 6. The molecule has 1 saturated carbocycles. The van der Waals surface area contributed by atoms with Crippen LogP contribution in [0.15, 0.2) is 0 Å². The summed E-state index contributed by atoms with van der Waals surface area (Å²) in [5.74, 6) is -0.225. The van der Waals surface area contributed by atoms with E-state index in [9.17, 15) is 9.59 Å². The maximum absolute atomic E-state index is 11.8. The van der Waals surface area contributed by atoms with E-state index in [4.69, 9.17) is 5.73 Å². The molecule has 92 valence electrons. The van der Waals surface area contributed by atoms with E-state index in [1.165, 1.54) is 0 Å². The van der Waals surface area contributed by atoms with Gasteiger partial charge in [-0.05, 0) is 26.2 Å². The highest BCUT2D eigenvalue weighted by Crippen LogP contribution is 2.44. The van der Waals surface area contributed by atoms with Gasteiger partial charge in [0.05, 0.1) is 5.41 Å². The van der Waals surface area contributed by atoms with Crippen molar-refractivity contribution in [2.45, 2.75) is 39.2 Å². The molecule has 0 heterocycles. The highest BCUT2D eigenvalue weighted by molar-refractivity contribution is 5.91. The maximum atomic E-state index is 11.8. The van der Waals surface area contributed by atoms with Gasteiger partial charge in [0.15, 0.2) is 0 Å². The zero-order chi connectivity index (χ0) is 12.2. The first-order valence-corrected chi connectivity index (χ1v) is 5.84. The first-order valence-electron chi connectivity index (χ1n) is 5.84. The van der Waals surface area contributed by atoms with E-state index in [2.05, 4.69) is 10.6 Å². The van der Waals surface area contributed by atoms with Crippen molar-refractivity contribution in [3.63, 3.8) is 0 Å². The van der Waals surface area contributed by atoms with Crippen LogP contribution in [0.5, 0.6) is 0 Å². The van der Waals surface area contributed by atoms with Crippen LogP contribution in [-0.2, 0) is 9.59 Å². The second kappa shape index (κ2) is 5.30. The van der Waals surface area contributed by atoms with Crippen molar-refractivity contribution in [2.24, 2.45) is 11.1 Å². The van der Waals surface area contributed by atoms with Crippen molar-refractivity contribution >= 4 is 11.8 Å². The lowest BCUT2D eigenvalue weighted by Gasteiger charge is -2.17. The number of carbonyl (C=O) groups excluding carboxylic acids is 2. The largest absolute Gasteiger partial charge is 0.354 e. The normalized spacial score (nSPS) is 18.7. The molecule has 4 N–H and O–H groups in total. The van der Waals surface area contributed by atoms with E-state index < -0.39 is 6.04 Å². The lowest BCUT2D eigenvalue weighted by atomic mass is 10.1. The molecule has 0 spiro atoms. The Bertz CT molecular complexity index is 274. The van der Waals surface area contributed by atoms with Gasteiger partial charge in [0.25, 0.3) is 0 Å². The number of hydrogen-bond acceptors (Lipinski definition) is 3. The summed E-state index contributed by atoms with van der Waals surface area (Å²) in [5.41, 5.74) is 5.15. The summed E-state index contributed by atoms with van der Waals surface area (Å²) in [6, 6.07) is -0.483. The highest BCUT2D eigenvalue weighted by Gasteiger charge is 2.48. The second-order valence-electron chi connectivity index (χ2n) is 4.47. The lowest BCUT2D eigenvalue weighted by Crippen LogP contribution is -2.48. The quantitative estimate of drug-likeness (QED) is 0.585. The van der Waals surface area contributed by atoms with E-state index in [0.717, 1.165) is 19.3 Å². The molecule has 1 unspecified atom stereocenters. The maximum Gasteiger partial charge on any atom is 0.242 e. The molecular formula is C11H21N3O2. The second-order valence-corrected chi connectivity index (χ2v) is 4.47. The Labute approximate surface area is 96.1 Å². The fourth-order valence-electron chi connectivity index (χ4n) is 1.49. The zero-order valence-corrected chi connectivity index (χ0v) is 10.0. The van der Waals surface area contributed by atoms with Gasteiger partial charge in [-0.15, -0.1) is 0 Å². The molecule has 1 rings (SSSR count). The minimum Gasteiger partial charge on any atom is -0.354 e. The highest BCUT2D eigenvalue weighted by atomic mass is 16.2. The van der Waals surface area contributed by atoms with Gasteiger partial charge in [0.2, 0.25) is 11.8 Å². The van der Waals surface area contributed by atoms with E-state index in [-0.39, 0.29) is 17.2 Å². The van der Waals surface area contributed by atoms with Gasteiger partial charge in [-0.3, -0.25) is 9.59 Å². The molecule has 5 nitrogen and oxygen atoms in total. The van der Waals surface area contributed by atoms with Crippen LogP contribution in [-0.4, -0.2) is 30.9 Å². The standard InChI is InChI=1S/C11H21N3O2/c1-3-6-13-9(15)8(2)14-10(16)11(7-12)4-5-11/h8H,3-7,12H2,1-2H3,(H,13,15)(H,14,16). The third-order valence-electron chi connectivity index (χ3n) is 3.02. The molecule has 0 bridgehead atoms. The van der Waals surface area contributed by atoms with E-state index >= 15 is 0 Å². The third-order valence-corrected chi connectivity index (χ3v) is 3.02. The zero-order valence-electron chi connectivity index (χ0n) is 10.0. The minimum atomic E-state index is -0.483. The molecule has 1 aliphatic carbocycles. The molecule has 0 aliphatic heterocycles. The Kier molecular flexibility index (Phi) is 4.29. The summed E-state index contributed by atoms with van der Waals surface area (Å²) in [4.78, 5) is 23.3. The molecule has 5 heteroatoms. The fourth-order valence-corrected chi connectivity index (χ4v) is 1.49. The summed E-state index contributed by atoms with van der Waals surface area (Å²) >= 11 is 0. The topological polar surface area (TPSA) is 84.2 Å². The Hall–Kier alpha value is -1.10. The summed E-state index contributed by atoms with van der Waals surface area (Å²) in [6.07, 6.45) is 2.55. The van der Waals surface area contributed by atoms with Crippen LogP contribution in [0.3, 0.4) is 0 Å². The van der Waals surface area contributed by atoms with Crippen LogP contribution >= 0.6 is 0 Å². The molecule has 0 aromatic rings. The van der Waals surface area contributed by atoms with Gasteiger partial charge in [-0.2, -0.15) is 0 Å². The fraction of sp³-hybridized carbons (Fsp3) is 0.818. The number of amides is 2. The van der Waals surface area contributed by atoms with Gasteiger partial charge in [0, 0.05) is 13.1 Å². The van der Waals surface area contributed by atoms with Crippen molar-refractivity contribution in [3.8, 4) is 0 Å². The minimum absolute atomic E-state index is 0.0888. The molecule has 0 radical (unpaired) electrons. The van der Waals surface area contributed by atoms with Gasteiger partial charge in [-0.25, -0.2) is 0 Å². The first-order chi connectivity index (χ1) is 7.55. The van der Waals surface area contributed by atoms with E-state index in [1.807, 2.05) is 6.92 Å². The van der Waals surface area contributed by atoms with Crippen LogP contribution < -0.4 is 16.4 Å². The molecular weight excluding hydrogens is 206 g/mol. The van der Waals surface area contributed by atoms with Crippen molar-refractivity contribution in [2.75, 3.05) is 13.1 Å². The third kappa shape index (κ3) is 2.95. The van der Waals surface area contributed by atoms with Crippen molar-refractivity contribution in [3.05, 3.63) is 0 Å². The van der Waals surface area contributed by atoms with Crippen molar-refractivity contribution in [1.29, 1.82) is 0 Å². The first kappa shape index (κ1) is 13.0. The molecule has 1 atom stereocenters. The molecule has 0 aromatic heterocycles. The van der Waals surface area contributed by atoms with Gasteiger partial charge in [-0.1, -0.05) is 6.92 Å². The number of nitrogens with two attached hydrogens (primary N) is 1. The number of carbonyl (C=O) groups is 2. The molecule has 2 amide bonds. The molecule has 1 fully saturated rings.